The molecular formula is C8H8N4O. The van der Waals surface area contributed by atoms with Crippen LogP contribution in [-0.4, -0.2) is 26.1 Å². The molecule has 0 fully saturated rings. The Bertz CT molecular complexity index is 448. The number of aryl methyl sites for hydroxylation is 1. The summed E-state index contributed by atoms with van der Waals surface area (Å²) in [6, 6.07) is 3.35. The van der Waals surface area contributed by atoms with Crippen LogP contribution in [0.2, 0.25) is 0 Å². The first-order valence-electron chi connectivity index (χ1n) is 4.01. The van der Waals surface area contributed by atoms with Crippen LogP contribution in [-0.2, 0) is 6.42 Å². The Labute approximate surface area is 74.4 Å². The van der Waals surface area contributed by atoms with Crippen LogP contribution in [0.3, 0.4) is 0 Å². The number of hydrogen-bond donors (Lipinski definition) is 0. The van der Waals surface area contributed by atoms with E-state index in [0.717, 1.165) is 12.2 Å². The van der Waals surface area contributed by atoms with Crippen molar-refractivity contribution in [3.8, 4) is 0 Å². The van der Waals surface area contributed by atoms with E-state index in [1.807, 2.05) is 6.92 Å². The summed E-state index contributed by atoms with van der Waals surface area (Å²) in [7, 11) is 0. The summed E-state index contributed by atoms with van der Waals surface area (Å²) in [5, 5.41) is 11.9. The minimum atomic E-state index is 0.391. The maximum absolute atomic E-state index is 10.5. The number of aldehydes is 1. The zero-order chi connectivity index (χ0) is 9.26. The summed E-state index contributed by atoms with van der Waals surface area (Å²) in [5.41, 5.74) is 1.06. The molecule has 0 unspecified atom stereocenters. The smallest absolute Gasteiger partial charge is 0.177 e. The number of aromatic nitrogens is 4. The number of hydrogen-bond acceptors (Lipinski definition) is 4. The molecule has 0 N–H and O–H groups in total. The molecule has 2 aromatic heterocycles. The molecule has 13 heavy (non-hydrogen) atoms. The highest BCUT2D eigenvalue weighted by Gasteiger charge is 2.04. The lowest BCUT2D eigenvalue weighted by molar-refractivity contribution is 0.111. The lowest BCUT2D eigenvalue weighted by Gasteiger charge is -1.94. The molecule has 0 aromatic carbocycles. The lowest BCUT2D eigenvalue weighted by atomic mass is 10.4. The van der Waals surface area contributed by atoms with Gasteiger partial charge in [-0.15, -0.1) is 10.2 Å². The van der Waals surface area contributed by atoms with Crippen molar-refractivity contribution in [1.29, 1.82) is 0 Å². The van der Waals surface area contributed by atoms with E-state index in [0.29, 0.717) is 17.6 Å². The zero-order valence-corrected chi connectivity index (χ0v) is 7.14. The molecule has 0 saturated heterocycles. The fraction of sp³-hybridized carbons (Fsp3) is 0.250. The molecule has 2 aromatic rings. The van der Waals surface area contributed by atoms with E-state index in [9.17, 15) is 4.79 Å². The Morgan fingerprint density at radius 2 is 2.31 bits per heavy atom. The summed E-state index contributed by atoms with van der Waals surface area (Å²) in [5.74, 6) is 0.763. The van der Waals surface area contributed by atoms with Crippen LogP contribution < -0.4 is 0 Å². The highest BCUT2D eigenvalue weighted by Crippen LogP contribution is 2.02. The maximum Gasteiger partial charge on any atom is 0.177 e. The molecule has 0 aliphatic rings. The Morgan fingerprint density at radius 1 is 1.46 bits per heavy atom. The number of carbonyl (C=O) groups is 1. The van der Waals surface area contributed by atoms with E-state index in [4.69, 9.17) is 0 Å². The van der Waals surface area contributed by atoms with E-state index in [1.165, 1.54) is 0 Å². The van der Waals surface area contributed by atoms with Crippen molar-refractivity contribution in [3.05, 3.63) is 23.7 Å². The molecular weight excluding hydrogens is 168 g/mol. The van der Waals surface area contributed by atoms with Crippen molar-refractivity contribution < 1.29 is 4.79 Å². The molecule has 0 saturated carbocycles. The van der Waals surface area contributed by atoms with Crippen LogP contribution >= 0.6 is 0 Å². The first kappa shape index (κ1) is 7.85. The van der Waals surface area contributed by atoms with E-state index < -0.39 is 0 Å². The van der Waals surface area contributed by atoms with Crippen LogP contribution in [0.15, 0.2) is 12.1 Å². The number of rotatable bonds is 2. The molecule has 2 rings (SSSR count). The molecule has 5 heteroatoms. The minimum absolute atomic E-state index is 0.391. The first-order valence-corrected chi connectivity index (χ1v) is 4.01. The first-order chi connectivity index (χ1) is 6.35. The fourth-order valence-electron chi connectivity index (χ4n) is 1.13. The van der Waals surface area contributed by atoms with Gasteiger partial charge in [0.1, 0.15) is 5.69 Å². The van der Waals surface area contributed by atoms with Gasteiger partial charge in [0.05, 0.1) is 0 Å². The SMILES string of the molecule is CCc1nnc2ccc(C=O)nn12. The molecule has 5 nitrogen and oxygen atoms in total. The summed E-state index contributed by atoms with van der Waals surface area (Å²) in [6.07, 6.45) is 1.45. The van der Waals surface area contributed by atoms with Crippen LogP contribution in [0.1, 0.15) is 23.2 Å². The van der Waals surface area contributed by atoms with Gasteiger partial charge in [-0.05, 0) is 12.1 Å². The van der Waals surface area contributed by atoms with Gasteiger partial charge in [-0.3, -0.25) is 4.79 Å². The van der Waals surface area contributed by atoms with Gasteiger partial charge in [0.15, 0.2) is 17.8 Å². The Morgan fingerprint density at radius 3 is 3.00 bits per heavy atom. The van der Waals surface area contributed by atoms with Crippen LogP contribution in [0.4, 0.5) is 0 Å². The second kappa shape index (κ2) is 2.93. The van der Waals surface area contributed by atoms with E-state index in [-0.39, 0.29) is 0 Å². The molecule has 0 aliphatic heterocycles. The van der Waals surface area contributed by atoms with Crippen LogP contribution in [0, 0.1) is 0 Å². The van der Waals surface area contributed by atoms with Gasteiger partial charge in [-0.1, -0.05) is 6.92 Å². The highest BCUT2D eigenvalue weighted by molar-refractivity contribution is 5.71. The van der Waals surface area contributed by atoms with Crippen molar-refractivity contribution in [1.82, 2.24) is 19.8 Å². The number of fused-ring (bicyclic) bond motifs is 1. The Balaban J connectivity index is 2.71. The third kappa shape index (κ3) is 1.18. The standard InChI is InChI=1S/C8H8N4O/c1-2-7-9-10-8-4-3-6(5-13)11-12(7)8/h3-5H,2H2,1H3. The summed E-state index contributed by atoms with van der Waals surface area (Å²) < 4.78 is 1.59. The summed E-state index contributed by atoms with van der Waals surface area (Å²) >= 11 is 0. The second-order valence-electron chi connectivity index (χ2n) is 2.62. The maximum atomic E-state index is 10.5. The monoisotopic (exact) mass is 176 g/mol. The predicted octanol–water partition coefficient (Wildman–Crippen LogP) is 0.499. The van der Waals surface area contributed by atoms with Gasteiger partial charge in [-0.2, -0.15) is 9.61 Å². The zero-order valence-electron chi connectivity index (χ0n) is 7.14. The molecule has 2 heterocycles. The quantitative estimate of drug-likeness (QED) is 0.625. The predicted molar refractivity (Wildman–Crippen MR) is 45.5 cm³/mol. The Hall–Kier alpha value is -1.78. The van der Waals surface area contributed by atoms with E-state index in [2.05, 4.69) is 15.3 Å². The van der Waals surface area contributed by atoms with Crippen molar-refractivity contribution in [2.24, 2.45) is 0 Å². The van der Waals surface area contributed by atoms with E-state index in [1.54, 1.807) is 16.6 Å². The van der Waals surface area contributed by atoms with Crippen molar-refractivity contribution in [2.45, 2.75) is 13.3 Å². The highest BCUT2D eigenvalue weighted by atomic mass is 16.1. The Kier molecular flexibility index (Phi) is 1.77. The normalized spacial score (nSPS) is 10.5. The number of nitrogens with zero attached hydrogens (tertiary/aromatic N) is 4. The topological polar surface area (TPSA) is 60.2 Å². The van der Waals surface area contributed by atoms with Gasteiger partial charge >= 0.3 is 0 Å². The molecule has 0 amide bonds. The third-order valence-electron chi connectivity index (χ3n) is 1.78. The molecule has 0 spiro atoms. The average Bonchev–Trinajstić information content (AvgIpc) is 2.59. The van der Waals surface area contributed by atoms with Crippen molar-refractivity contribution in [2.75, 3.05) is 0 Å². The summed E-state index contributed by atoms with van der Waals surface area (Å²) in [4.78, 5) is 10.5. The fourth-order valence-corrected chi connectivity index (χ4v) is 1.13. The summed E-state index contributed by atoms with van der Waals surface area (Å²) in [6.45, 7) is 1.96. The largest absolute Gasteiger partial charge is 0.296 e. The van der Waals surface area contributed by atoms with Gasteiger partial charge in [0, 0.05) is 6.42 Å². The van der Waals surface area contributed by atoms with Crippen LogP contribution in [0.5, 0.6) is 0 Å². The molecule has 0 radical (unpaired) electrons. The third-order valence-corrected chi connectivity index (χ3v) is 1.78. The number of carbonyl (C=O) groups excluding carboxylic acids is 1. The van der Waals surface area contributed by atoms with Gasteiger partial charge < -0.3 is 0 Å². The van der Waals surface area contributed by atoms with Gasteiger partial charge in [-0.25, -0.2) is 0 Å². The van der Waals surface area contributed by atoms with Crippen LogP contribution in [0.25, 0.3) is 5.65 Å². The van der Waals surface area contributed by atoms with Gasteiger partial charge in [0.2, 0.25) is 0 Å². The molecule has 0 aliphatic carbocycles. The molecule has 66 valence electrons. The average molecular weight is 176 g/mol. The molecule has 0 atom stereocenters. The van der Waals surface area contributed by atoms with Gasteiger partial charge in [0.25, 0.3) is 0 Å². The lowest BCUT2D eigenvalue weighted by Crippen LogP contribution is -2.00. The van der Waals surface area contributed by atoms with E-state index >= 15 is 0 Å². The van der Waals surface area contributed by atoms with Crippen molar-refractivity contribution in [3.63, 3.8) is 0 Å². The molecule has 0 bridgehead atoms. The minimum Gasteiger partial charge on any atom is -0.296 e. The second-order valence-corrected chi connectivity index (χ2v) is 2.62. The van der Waals surface area contributed by atoms with Crippen molar-refractivity contribution >= 4 is 11.9 Å².